The van der Waals surface area contributed by atoms with Crippen molar-refractivity contribution in [1.82, 2.24) is 4.90 Å². The summed E-state index contributed by atoms with van der Waals surface area (Å²) < 4.78 is 16.5. The second kappa shape index (κ2) is 10.4. The van der Waals surface area contributed by atoms with Crippen molar-refractivity contribution in [3.05, 3.63) is 82.6 Å². The Morgan fingerprint density at radius 2 is 1.84 bits per heavy atom. The van der Waals surface area contributed by atoms with Gasteiger partial charge in [-0.1, -0.05) is 36.4 Å². The summed E-state index contributed by atoms with van der Waals surface area (Å²) in [6.07, 6.45) is 1.19. The lowest BCUT2D eigenvalue weighted by Crippen LogP contribution is -2.49. The van der Waals surface area contributed by atoms with Crippen LogP contribution in [0.5, 0.6) is 11.5 Å². The summed E-state index contributed by atoms with van der Waals surface area (Å²) in [5.41, 5.74) is 6.42. The number of nitrogens with zero attached hydrogens (tertiary/aromatic N) is 4. The first-order chi connectivity index (χ1) is 17.9. The lowest BCUT2D eigenvalue weighted by Gasteiger charge is -2.45. The van der Waals surface area contributed by atoms with E-state index in [2.05, 4.69) is 18.2 Å². The molecule has 2 N–H and O–H groups in total. The molecule has 37 heavy (non-hydrogen) atoms. The number of hydrogen-bond donors (Lipinski definition) is 1. The van der Waals surface area contributed by atoms with Gasteiger partial charge >= 0.3 is 6.09 Å². The van der Waals surface area contributed by atoms with Crippen LogP contribution in [0, 0.1) is 45.3 Å². The standard InChI is InChI=1S/C28H25N5O4/c1-35-19-8-9-24(36-2)21(12-19)25-23-14-33(27(34)37-15-18-6-4-3-5-7-18)11-10-20(23)22(13-29)26(32)28(25,16-30)17-31/h3-10,12,23,25H,11,14-15,32H2,1-2H3/t23-,25+/m0/s1. The first-order valence-corrected chi connectivity index (χ1v) is 11.5. The quantitative estimate of drug-likeness (QED) is 0.660. The van der Waals surface area contributed by atoms with Gasteiger partial charge in [-0.2, -0.15) is 15.8 Å². The van der Waals surface area contributed by atoms with Crippen molar-refractivity contribution in [3.8, 4) is 29.7 Å². The topological polar surface area (TPSA) is 145 Å². The van der Waals surface area contributed by atoms with E-state index in [4.69, 9.17) is 19.9 Å². The normalized spacial score (nSPS) is 19.9. The van der Waals surface area contributed by atoms with Gasteiger partial charge < -0.3 is 24.8 Å². The van der Waals surface area contributed by atoms with Crippen molar-refractivity contribution >= 4 is 6.09 Å². The van der Waals surface area contributed by atoms with Gasteiger partial charge in [-0.3, -0.25) is 0 Å². The second-order valence-corrected chi connectivity index (χ2v) is 8.73. The zero-order chi connectivity index (χ0) is 26.6. The highest BCUT2D eigenvalue weighted by Gasteiger charge is 2.55. The summed E-state index contributed by atoms with van der Waals surface area (Å²) in [5, 5.41) is 30.6. The Balaban J connectivity index is 1.80. The molecule has 0 bridgehead atoms. The number of allylic oxidation sites excluding steroid dienone is 2. The average molecular weight is 496 g/mol. The van der Waals surface area contributed by atoms with Crippen LogP contribution in [-0.2, 0) is 11.3 Å². The molecule has 9 heteroatoms. The molecule has 9 nitrogen and oxygen atoms in total. The van der Waals surface area contributed by atoms with Crippen LogP contribution in [0.2, 0.25) is 0 Å². The zero-order valence-corrected chi connectivity index (χ0v) is 20.5. The van der Waals surface area contributed by atoms with Crippen molar-refractivity contribution in [2.24, 2.45) is 17.1 Å². The molecule has 0 aromatic heterocycles. The first-order valence-electron chi connectivity index (χ1n) is 11.5. The molecule has 0 saturated heterocycles. The van der Waals surface area contributed by atoms with Crippen LogP contribution in [0.3, 0.4) is 0 Å². The number of rotatable bonds is 5. The zero-order valence-electron chi connectivity index (χ0n) is 20.5. The van der Waals surface area contributed by atoms with Crippen LogP contribution in [0.4, 0.5) is 4.79 Å². The maximum Gasteiger partial charge on any atom is 0.410 e. The molecule has 4 rings (SSSR count). The van der Waals surface area contributed by atoms with E-state index in [9.17, 15) is 20.6 Å². The molecule has 0 spiro atoms. The van der Waals surface area contributed by atoms with Crippen molar-refractivity contribution in [3.63, 3.8) is 0 Å². The van der Waals surface area contributed by atoms with Crippen LogP contribution >= 0.6 is 0 Å². The van der Waals surface area contributed by atoms with Crippen LogP contribution in [0.25, 0.3) is 0 Å². The summed E-state index contributed by atoms with van der Waals surface area (Å²) in [5.74, 6) is -0.549. The van der Waals surface area contributed by atoms with Gasteiger partial charge in [0.1, 0.15) is 24.2 Å². The Morgan fingerprint density at radius 1 is 1.11 bits per heavy atom. The number of carbonyl (C=O) groups is 1. The Morgan fingerprint density at radius 3 is 2.46 bits per heavy atom. The second-order valence-electron chi connectivity index (χ2n) is 8.73. The highest BCUT2D eigenvalue weighted by molar-refractivity contribution is 5.70. The molecule has 0 saturated carbocycles. The highest BCUT2D eigenvalue weighted by Crippen LogP contribution is 2.56. The molecule has 2 atom stereocenters. The number of fused-ring (bicyclic) bond motifs is 1. The van der Waals surface area contributed by atoms with Gasteiger partial charge in [0, 0.05) is 30.5 Å². The van der Waals surface area contributed by atoms with Crippen molar-refractivity contribution in [2.75, 3.05) is 27.3 Å². The predicted molar refractivity (Wildman–Crippen MR) is 133 cm³/mol. The van der Waals surface area contributed by atoms with Gasteiger partial charge in [-0.25, -0.2) is 4.79 Å². The Kier molecular flexibility index (Phi) is 7.04. The third kappa shape index (κ3) is 4.30. The minimum absolute atomic E-state index is 0.0866. The van der Waals surface area contributed by atoms with E-state index in [0.717, 1.165) is 5.56 Å². The van der Waals surface area contributed by atoms with Crippen molar-refractivity contribution in [1.29, 1.82) is 15.8 Å². The number of benzene rings is 2. The molecule has 1 heterocycles. The third-order valence-electron chi connectivity index (χ3n) is 6.90. The number of ether oxygens (including phenoxy) is 3. The van der Waals surface area contributed by atoms with Gasteiger partial charge in [-0.15, -0.1) is 0 Å². The molecule has 0 unspecified atom stereocenters. The molecule has 2 aromatic carbocycles. The van der Waals surface area contributed by atoms with E-state index in [1.54, 1.807) is 24.3 Å². The van der Waals surface area contributed by atoms with Crippen molar-refractivity contribution < 1.29 is 19.0 Å². The number of hydrogen-bond acceptors (Lipinski definition) is 8. The fraction of sp³-hybridized carbons (Fsp3) is 0.286. The van der Waals surface area contributed by atoms with Gasteiger partial charge in [-0.05, 0) is 29.3 Å². The predicted octanol–water partition coefficient (Wildman–Crippen LogP) is 3.77. The highest BCUT2D eigenvalue weighted by atomic mass is 16.6. The van der Waals surface area contributed by atoms with E-state index in [1.165, 1.54) is 19.1 Å². The monoisotopic (exact) mass is 495 g/mol. The van der Waals surface area contributed by atoms with Crippen LogP contribution in [0.1, 0.15) is 17.0 Å². The summed E-state index contributed by atoms with van der Waals surface area (Å²) in [7, 11) is 2.99. The van der Waals surface area contributed by atoms with E-state index >= 15 is 0 Å². The summed E-state index contributed by atoms with van der Waals surface area (Å²) in [4.78, 5) is 14.5. The minimum Gasteiger partial charge on any atom is -0.497 e. The number of amides is 1. The maximum absolute atomic E-state index is 13.0. The number of nitriles is 3. The molecule has 0 radical (unpaired) electrons. The summed E-state index contributed by atoms with van der Waals surface area (Å²) in [6, 6.07) is 20.7. The molecule has 2 aromatic rings. The molecule has 0 fully saturated rings. The van der Waals surface area contributed by atoms with Gasteiger partial charge in [0.05, 0.1) is 37.6 Å². The van der Waals surface area contributed by atoms with Crippen LogP contribution < -0.4 is 15.2 Å². The average Bonchev–Trinajstić information content (AvgIpc) is 2.95. The van der Waals surface area contributed by atoms with Crippen LogP contribution in [-0.4, -0.2) is 38.3 Å². The molecule has 186 valence electrons. The fourth-order valence-corrected chi connectivity index (χ4v) is 5.07. The molecule has 2 aliphatic rings. The molecular formula is C28H25N5O4. The maximum atomic E-state index is 13.0. The molecule has 1 aliphatic carbocycles. The molecular weight excluding hydrogens is 470 g/mol. The van der Waals surface area contributed by atoms with E-state index in [0.29, 0.717) is 22.6 Å². The van der Waals surface area contributed by atoms with E-state index < -0.39 is 23.3 Å². The van der Waals surface area contributed by atoms with Crippen molar-refractivity contribution in [2.45, 2.75) is 12.5 Å². The SMILES string of the molecule is COc1ccc(OC)c([C@@H]2[C@H]3CN(C(=O)OCc4ccccc4)CC=C3C(C#N)=C(N)C2(C#N)C#N)c1. The minimum atomic E-state index is -1.89. The van der Waals surface area contributed by atoms with Gasteiger partial charge in [0.2, 0.25) is 0 Å². The molecule has 1 amide bonds. The number of carbonyl (C=O) groups excluding carboxylic acids is 1. The Labute approximate surface area is 215 Å². The van der Waals surface area contributed by atoms with Gasteiger partial charge in [0.15, 0.2) is 5.41 Å². The number of nitrogens with two attached hydrogens (primary N) is 1. The lowest BCUT2D eigenvalue weighted by atomic mass is 9.58. The fourth-order valence-electron chi connectivity index (χ4n) is 5.07. The third-order valence-corrected chi connectivity index (χ3v) is 6.90. The summed E-state index contributed by atoms with van der Waals surface area (Å²) in [6.45, 7) is 0.390. The summed E-state index contributed by atoms with van der Waals surface area (Å²) >= 11 is 0. The lowest BCUT2D eigenvalue weighted by molar-refractivity contribution is 0.0897. The Bertz CT molecular complexity index is 1380. The molecule has 1 aliphatic heterocycles. The smallest absolute Gasteiger partial charge is 0.410 e. The number of methoxy groups -OCH3 is 2. The van der Waals surface area contributed by atoms with E-state index in [1.807, 2.05) is 30.3 Å². The van der Waals surface area contributed by atoms with Gasteiger partial charge in [0.25, 0.3) is 0 Å². The van der Waals surface area contributed by atoms with E-state index in [-0.39, 0.29) is 31.0 Å². The Hall–Kier alpha value is -4.94. The van der Waals surface area contributed by atoms with Crippen LogP contribution in [0.15, 0.2) is 71.5 Å². The largest absolute Gasteiger partial charge is 0.497 e. The first kappa shape index (κ1) is 25.2.